The molecule has 2 aromatic rings. The Kier molecular flexibility index (Phi) is 3.55. The van der Waals surface area contributed by atoms with Crippen molar-refractivity contribution in [1.82, 2.24) is 9.97 Å². The highest BCUT2D eigenvalue weighted by Gasteiger charge is 2.13. The van der Waals surface area contributed by atoms with E-state index in [1.165, 1.54) is 13.3 Å². The van der Waals surface area contributed by atoms with Crippen LogP contribution in [0.25, 0.3) is 0 Å². The first kappa shape index (κ1) is 13.1. The monoisotopic (exact) mass is 270 g/mol. The second-order valence-corrected chi connectivity index (χ2v) is 3.79. The van der Waals surface area contributed by atoms with Gasteiger partial charge in [-0.2, -0.15) is 0 Å². The van der Waals surface area contributed by atoms with E-state index in [2.05, 4.69) is 14.7 Å². The summed E-state index contributed by atoms with van der Waals surface area (Å²) in [5, 5.41) is 0. The molecule has 0 amide bonds. The molecule has 19 heavy (non-hydrogen) atoms. The number of hydrogen-bond acceptors (Lipinski definition) is 3. The minimum atomic E-state index is -1.52. The average molecular weight is 270 g/mol. The van der Waals surface area contributed by atoms with E-state index >= 15 is 0 Å². The van der Waals surface area contributed by atoms with Gasteiger partial charge in [0.2, 0.25) is 0 Å². The van der Waals surface area contributed by atoms with Gasteiger partial charge in [0.15, 0.2) is 17.5 Å². The molecule has 4 nitrogen and oxygen atoms in total. The molecule has 0 aliphatic carbocycles. The maximum Gasteiger partial charge on any atom is 0.356 e. The summed E-state index contributed by atoms with van der Waals surface area (Å²) in [6.07, 6.45) is 1.28. The maximum absolute atomic E-state index is 13.0. The molecule has 2 rings (SSSR count). The van der Waals surface area contributed by atoms with Crippen LogP contribution in [0.15, 0.2) is 18.3 Å². The molecule has 0 atom stereocenters. The molecule has 0 radical (unpaired) electrons. The van der Waals surface area contributed by atoms with Crippen LogP contribution in [0, 0.1) is 17.5 Å². The van der Waals surface area contributed by atoms with E-state index in [1.54, 1.807) is 0 Å². The Hall–Kier alpha value is -2.31. The summed E-state index contributed by atoms with van der Waals surface area (Å²) in [7, 11) is 1.22. The highest BCUT2D eigenvalue weighted by atomic mass is 19.2. The highest BCUT2D eigenvalue weighted by Crippen LogP contribution is 2.15. The molecule has 0 aliphatic rings. The first-order chi connectivity index (χ1) is 9.01. The van der Waals surface area contributed by atoms with Gasteiger partial charge in [-0.25, -0.2) is 22.9 Å². The van der Waals surface area contributed by atoms with Gasteiger partial charge in [-0.1, -0.05) is 0 Å². The number of ether oxygens (including phenoxy) is 1. The molecule has 0 saturated carbocycles. The van der Waals surface area contributed by atoms with E-state index in [9.17, 15) is 18.0 Å². The molecule has 1 N–H and O–H groups in total. The molecule has 1 aromatic carbocycles. The zero-order valence-corrected chi connectivity index (χ0v) is 9.84. The fourth-order valence-corrected chi connectivity index (χ4v) is 1.57. The van der Waals surface area contributed by atoms with Gasteiger partial charge < -0.3 is 9.72 Å². The van der Waals surface area contributed by atoms with Gasteiger partial charge in [0.1, 0.15) is 11.5 Å². The maximum atomic E-state index is 13.0. The summed E-state index contributed by atoms with van der Waals surface area (Å²) in [6, 6.07) is 1.75. The standard InChI is InChI=1S/C12H9F3N2O2/c1-19-12(18)9-5-16-10(17-9)4-6-2-7(13)11(15)8(14)3-6/h2-3,5H,4H2,1H3,(H,16,17). The number of carbonyl (C=O) groups is 1. The topological polar surface area (TPSA) is 55.0 Å². The van der Waals surface area contributed by atoms with E-state index < -0.39 is 23.4 Å². The fraction of sp³-hybridized carbons (Fsp3) is 0.167. The molecule has 0 bridgehead atoms. The molecule has 0 fully saturated rings. The van der Waals surface area contributed by atoms with Crippen molar-refractivity contribution < 1.29 is 22.7 Å². The minimum Gasteiger partial charge on any atom is -0.464 e. The number of aromatic nitrogens is 2. The number of esters is 1. The predicted octanol–water partition coefficient (Wildman–Crippen LogP) is 2.20. The smallest absolute Gasteiger partial charge is 0.356 e. The zero-order chi connectivity index (χ0) is 14.0. The normalized spacial score (nSPS) is 10.5. The number of carbonyl (C=O) groups excluding carboxylic acids is 1. The number of methoxy groups -OCH3 is 1. The lowest BCUT2D eigenvalue weighted by molar-refractivity contribution is 0.0594. The van der Waals surface area contributed by atoms with Gasteiger partial charge in [0.25, 0.3) is 0 Å². The molecular weight excluding hydrogens is 261 g/mol. The number of imidazole rings is 1. The summed E-state index contributed by atoms with van der Waals surface area (Å²) in [5.41, 5.74) is 0.322. The van der Waals surface area contributed by atoms with Gasteiger partial charge in [-0.3, -0.25) is 0 Å². The van der Waals surface area contributed by atoms with Crippen LogP contribution >= 0.6 is 0 Å². The molecule has 100 valence electrons. The number of halogens is 3. The highest BCUT2D eigenvalue weighted by molar-refractivity contribution is 5.86. The Balaban J connectivity index is 2.22. The lowest BCUT2D eigenvalue weighted by atomic mass is 10.1. The van der Waals surface area contributed by atoms with Crippen LogP contribution in [0.2, 0.25) is 0 Å². The quantitative estimate of drug-likeness (QED) is 0.687. The Labute approximate surface area is 106 Å². The van der Waals surface area contributed by atoms with Crippen molar-refractivity contribution in [2.75, 3.05) is 7.11 Å². The Bertz CT molecular complexity index is 602. The van der Waals surface area contributed by atoms with Crippen LogP contribution in [-0.4, -0.2) is 23.0 Å². The van der Waals surface area contributed by atoms with Gasteiger partial charge in [0.05, 0.1) is 13.3 Å². The van der Waals surface area contributed by atoms with E-state index in [1.807, 2.05) is 0 Å². The van der Waals surface area contributed by atoms with Crippen molar-refractivity contribution in [2.45, 2.75) is 6.42 Å². The van der Waals surface area contributed by atoms with Crippen LogP contribution in [0.3, 0.4) is 0 Å². The van der Waals surface area contributed by atoms with Crippen molar-refractivity contribution in [2.24, 2.45) is 0 Å². The summed E-state index contributed by atoms with van der Waals surface area (Å²) in [4.78, 5) is 17.7. The fourth-order valence-electron chi connectivity index (χ4n) is 1.57. The van der Waals surface area contributed by atoms with E-state index in [0.29, 0.717) is 5.82 Å². The van der Waals surface area contributed by atoms with Gasteiger partial charge >= 0.3 is 5.97 Å². The SMILES string of the molecule is COC(=O)c1cnc(Cc2cc(F)c(F)c(F)c2)[nH]1. The van der Waals surface area contributed by atoms with Crippen molar-refractivity contribution in [3.05, 3.63) is 52.9 Å². The van der Waals surface area contributed by atoms with E-state index in [4.69, 9.17) is 0 Å². The lowest BCUT2D eigenvalue weighted by Gasteiger charge is -2.01. The second kappa shape index (κ2) is 5.13. The lowest BCUT2D eigenvalue weighted by Crippen LogP contribution is -2.02. The van der Waals surface area contributed by atoms with E-state index in [-0.39, 0.29) is 17.7 Å². The third-order valence-electron chi connectivity index (χ3n) is 2.45. The van der Waals surface area contributed by atoms with Crippen LogP contribution in [0.4, 0.5) is 13.2 Å². The van der Waals surface area contributed by atoms with Crippen molar-refractivity contribution >= 4 is 5.97 Å². The van der Waals surface area contributed by atoms with Crippen LogP contribution in [0.1, 0.15) is 21.9 Å². The van der Waals surface area contributed by atoms with Crippen LogP contribution < -0.4 is 0 Å². The summed E-state index contributed by atoms with van der Waals surface area (Å²) in [5.74, 6) is -4.34. The largest absolute Gasteiger partial charge is 0.464 e. The van der Waals surface area contributed by atoms with Gasteiger partial charge in [-0.05, 0) is 17.7 Å². The number of nitrogens with zero attached hydrogens (tertiary/aromatic N) is 1. The van der Waals surface area contributed by atoms with Crippen molar-refractivity contribution in [1.29, 1.82) is 0 Å². The van der Waals surface area contributed by atoms with Crippen LogP contribution in [0.5, 0.6) is 0 Å². The molecule has 7 heteroatoms. The second-order valence-electron chi connectivity index (χ2n) is 3.79. The van der Waals surface area contributed by atoms with Crippen molar-refractivity contribution in [3.63, 3.8) is 0 Å². The number of benzene rings is 1. The first-order valence-corrected chi connectivity index (χ1v) is 5.27. The summed E-state index contributed by atoms with van der Waals surface area (Å²) in [6.45, 7) is 0. The summed E-state index contributed by atoms with van der Waals surface area (Å²) >= 11 is 0. The Morgan fingerprint density at radius 1 is 1.32 bits per heavy atom. The number of nitrogens with one attached hydrogen (secondary N) is 1. The summed E-state index contributed by atoms with van der Waals surface area (Å²) < 4.78 is 43.3. The molecule has 0 unspecified atom stereocenters. The minimum absolute atomic E-state index is 0.0329. The zero-order valence-electron chi connectivity index (χ0n) is 9.84. The third kappa shape index (κ3) is 2.75. The Morgan fingerprint density at radius 3 is 2.53 bits per heavy atom. The third-order valence-corrected chi connectivity index (χ3v) is 2.45. The predicted molar refractivity (Wildman–Crippen MR) is 59.0 cm³/mol. The van der Waals surface area contributed by atoms with Crippen molar-refractivity contribution in [3.8, 4) is 0 Å². The molecule has 0 spiro atoms. The number of aromatic amines is 1. The van der Waals surface area contributed by atoms with Crippen LogP contribution in [-0.2, 0) is 11.2 Å². The van der Waals surface area contributed by atoms with Gasteiger partial charge in [0, 0.05) is 6.42 Å². The number of H-pyrrole nitrogens is 1. The van der Waals surface area contributed by atoms with E-state index in [0.717, 1.165) is 12.1 Å². The molecule has 0 aliphatic heterocycles. The van der Waals surface area contributed by atoms with Gasteiger partial charge in [-0.15, -0.1) is 0 Å². The molecule has 0 saturated heterocycles. The number of rotatable bonds is 3. The molecular formula is C12H9F3N2O2. The first-order valence-electron chi connectivity index (χ1n) is 5.27. The molecule has 1 aromatic heterocycles. The Morgan fingerprint density at radius 2 is 1.95 bits per heavy atom. The number of hydrogen-bond donors (Lipinski definition) is 1. The molecule has 1 heterocycles. The average Bonchev–Trinajstić information content (AvgIpc) is 2.83.